The third-order valence-electron chi connectivity index (χ3n) is 4.59. The smallest absolute Gasteiger partial charge is 0.344 e. The van der Waals surface area contributed by atoms with Gasteiger partial charge in [-0.2, -0.15) is 5.10 Å². The summed E-state index contributed by atoms with van der Waals surface area (Å²) in [6.07, 6.45) is 1.74. The van der Waals surface area contributed by atoms with E-state index in [0.29, 0.717) is 31.2 Å². The van der Waals surface area contributed by atoms with Gasteiger partial charge < -0.3 is 14.2 Å². The molecule has 8 nitrogen and oxygen atoms in total. The van der Waals surface area contributed by atoms with Crippen LogP contribution in [-0.4, -0.2) is 43.1 Å². The average molecular weight is 378 g/mol. The Morgan fingerprint density at radius 1 is 1.31 bits per heavy atom. The molecule has 0 aliphatic carbocycles. The summed E-state index contributed by atoms with van der Waals surface area (Å²) in [5.41, 5.74) is 0.586. The molecule has 0 bridgehead atoms. The van der Waals surface area contributed by atoms with E-state index in [-0.39, 0.29) is 22.6 Å². The molecule has 0 radical (unpaired) electrons. The summed E-state index contributed by atoms with van der Waals surface area (Å²) < 4.78 is 43.2. The van der Waals surface area contributed by atoms with E-state index in [4.69, 9.17) is 14.2 Å². The Balaban J connectivity index is 1.72. The molecule has 9 heteroatoms. The molecule has 0 atom stereocenters. The maximum Gasteiger partial charge on any atom is 0.344 e. The van der Waals surface area contributed by atoms with Crippen LogP contribution in [0.4, 0.5) is 0 Å². The van der Waals surface area contributed by atoms with Crippen molar-refractivity contribution in [3.05, 3.63) is 41.6 Å². The number of hydrogen-bond acceptors (Lipinski definition) is 7. The maximum atomic E-state index is 12.5. The summed E-state index contributed by atoms with van der Waals surface area (Å²) in [5, 5.41) is 4.05. The van der Waals surface area contributed by atoms with Crippen LogP contribution in [0.5, 0.6) is 5.88 Å². The zero-order valence-corrected chi connectivity index (χ0v) is 15.0. The van der Waals surface area contributed by atoms with Gasteiger partial charge in [-0.05, 0) is 25.1 Å². The summed E-state index contributed by atoms with van der Waals surface area (Å²) in [4.78, 5) is 12.7. The topological polar surface area (TPSA) is 96.7 Å². The first-order chi connectivity index (χ1) is 12.5. The minimum atomic E-state index is -3.43. The molecular weight excluding hydrogens is 360 g/mol. The standard InChI is InChI=1S/C17H18N2O6S/c1-2-19-15(5-7-18-19)25-16(20)12-3-4-14-13(11-12)17(23-8-9-24-17)6-10-26(14,21)22/h3-5,7,11H,2,6,8-10H2,1H3. The second-order valence-electron chi connectivity index (χ2n) is 6.10. The summed E-state index contributed by atoms with van der Waals surface area (Å²) >= 11 is 0. The predicted octanol–water partition coefficient (Wildman–Crippen LogP) is 1.50. The van der Waals surface area contributed by atoms with Crippen molar-refractivity contribution in [1.29, 1.82) is 0 Å². The highest BCUT2D eigenvalue weighted by molar-refractivity contribution is 7.91. The number of hydrogen-bond donors (Lipinski definition) is 0. The van der Waals surface area contributed by atoms with E-state index < -0.39 is 21.6 Å². The molecule has 2 aliphatic heterocycles. The first-order valence-corrected chi connectivity index (χ1v) is 10.00. The monoisotopic (exact) mass is 378 g/mol. The lowest BCUT2D eigenvalue weighted by molar-refractivity contribution is -0.170. The van der Waals surface area contributed by atoms with Crippen molar-refractivity contribution in [2.24, 2.45) is 0 Å². The molecule has 1 aromatic carbocycles. The van der Waals surface area contributed by atoms with Gasteiger partial charge >= 0.3 is 5.97 Å². The number of esters is 1. The normalized spacial score (nSPS) is 20.0. The van der Waals surface area contributed by atoms with Gasteiger partial charge in [0.25, 0.3) is 0 Å². The van der Waals surface area contributed by atoms with Crippen molar-refractivity contribution in [3.8, 4) is 5.88 Å². The van der Waals surface area contributed by atoms with Gasteiger partial charge in [-0.25, -0.2) is 17.9 Å². The van der Waals surface area contributed by atoms with Crippen LogP contribution < -0.4 is 4.74 Å². The van der Waals surface area contributed by atoms with Crippen molar-refractivity contribution in [2.45, 2.75) is 30.6 Å². The SMILES string of the molecule is CCn1nccc1OC(=O)c1ccc2c(c1)C1(CCS2(=O)=O)OCCO1. The fraction of sp³-hybridized carbons (Fsp3) is 0.412. The molecule has 3 heterocycles. The van der Waals surface area contributed by atoms with E-state index in [9.17, 15) is 13.2 Å². The van der Waals surface area contributed by atoms with Crippen LogP contribution in [0.1, 0.15) is 29.3 Å². The average Bonchev–Trinajstić information content (AvgIpc) is 3.28. The predicted molar refractivity (Wildman–Crippen MR) is 89.6 cm³/mol. The van der Waals surface area contributed by atoms with E-state index in [1.165, 1.54) is 18.2 Å². The largest absolute Gasteiger partial charge is 0.404 e. The Labute approximate surface area is 150 Å². The second-order valence-corrected chi connectivity index (χ2v) is 8.18. The molecule has 0 amide bonds. The quantitative estimate of drug-likeness (QED) is 0.747. The Morgan fingerprint density at radius 2 is 2.08 bits per heavy atom. The lowest BCUT2D eigenvalue weighted by atomic mass is 10.00. The van der Waals surface area contributed by atoms with Crippen LogP contribution in [0.15, 0.2) is 35.4 Å². The zero-order valence-electron chi connectivity index (χ0n) is 14.2. The number of sulfone groups is 1. The highest BCUT2D eigenvalue weighted by atomic mass is 32.2. The van der Waals surface area contributed by atoms with Crippen LogP contribution in [0.2, 0.25) is 0 Å². The maximum absolute atomic E-state index is 12.5. The molecule has 1 fully saturated rings. The number of aryl methyl sites for hydroxylation is 1. The third-order valence-corrected chi connectivity index (χ3v) is 6.36. The van der Waals surface area contributed by atoms with E-state index >= 15 is 0 Å². The Kier molecular flexibility index (Phi) is 4.09. The fourth-order valence-electron chi connectivity index (χ4n) is 3.29. The highest BCUT2D eigenvalue weighted by Gasteiger charge is 2.47. The number of fused-ring (bicyclic) bond motifs is 2. The van der Waals surface area contributed by atoms with E-state index in [2.05, 4.69) is 5.10 Å². The van der Waals surface area contributed by atoms with E-state index in [0.717, 1.165) is 0 Å². The van der Waals surface area contributed by atoms with Gasteiger partial charge in [0.05, 0.1) is 35.6 Å². The van der Waals surface area contributed by atoms with E-state index in [1.54, 1.807) is 16.9 Å². The minimum absolute atomic E-state index is 0.0561. The first kappa shape index (κ1) is 17.2. The molecule has 0 unspecified atom stereocenters. The Bertz CT molecular complexity index is 959. The van der Waals surface area contributed by atoms with Gasteiger partial charge in [0.1, 0.15) is 0 Å². The number of nitrogens with zero attached hydrogens (tertiary/aromatic N) is 2. The molecule has 26 heavy (non-hydrogen) atoms. The summed E-state index contributed by atoms with van der Waals surface area (Å²) in [6.45, 7) is 3.20. The van der Waals surface area contributed by atoms with Crippen LogP contribution in [0.25, 0.3) is 0 Å². The molecule has 2 aliphatic rings. The lowest BCUT2D eigenvalue weighted by Crippen LogP contribution is -2.36. The molecule has 0 N–H and O–H groups in total. The zero-order chi connectivity index (χ0) is 18.4. The molecule has 1 aromatic heterocycles. The minimum Gasteiger partial charge on any atom is -0.404 e. The van der Waals surface area contributed by atoms with Crippen molar-refractivity contribution < 1.29 is 27.4 Å². The van der Waals surface area contributed by atoms with Crippen molar-refractivity contribution in [2.75, 3.05) is 19.0 Å². The van der Waals surface area contributed by atoms with Crippen LogP contribution in [-0.2, 0) is 31.6 Å². The van der Waals surface area contributed by atoms with Gasteiger partial charge in [-0.3, -0.25) is 0 Å². The number of carbonyl (C=O) groups is 1. The fourth-order valence-corrected chi connectivity index (χ4v) is 4.87. The number of aromatic nitrogens is 2. The summed E-state index contributed by atoms with van der Waals surface area (Å²) in [7, 11) is -3.43. The number of ether oxygens (including phenoxy) is 3. The Hall–Kier alpha value is -2.23. The molecule has 1 spiro atoms. The van der Waals surface area contributed by atoms with Gasteiger partial charge in [0.2, 0.25) is 5.88 Å². The highest BCUT2D eigenvalue weighted by Crippen LogP contribution is 2.43. The lowest BCUT2D eigenvalue weighted by Gasteiger charge is -2.33. The molecule has 4 rings (SSSR count). The number of benzene rings is 1. The third kappa shape index (κ3) is 2.72. The Morgan fingerprint density at radius 3 is 2.81 bits per heavy atom. The van der Waals surface area contributed by atoms with E-state index in [1.807, 2.05) is 6.92 Å². The van der Waals surface area contributed by atoms with Crippen LogP contribution >= 0.6 is 0 Å². The molecule has 2 aromatic rings. The van der Waals surface area contributed by atoms with Crippen molar-refractivity contribution in [3.63, 3.8) is 0 Å². The van der Waals surface area contributed by atoms with Crippen molar-refractivity contribution >= 4 is 15.8 Å². The molecule has 1 saturated heterocycles. The summed E-state index contributed by atoms with van der Waals surface area (Å²) in [6, 6.07) is 5.95. The van der Waals surface area contributed by atoms with Gasteiger partial charge in [0.15, 0.2) is 15.6 Å². The summed E-state index contributed by atoms with van der Waals surface area (Å²) in [5.74, 6) is -1.44. The second kappa shape index (κ2) is 6.19. The number of carbonyl (C=O) groups excluding carboxylic acids is 1. The van der Waals surface area contributed by atoms with Crippen molar-refractivity contribution in [1.82, 2.24) is 9.78 Å². The first-order valence-electron chi connectivity index (χ1n) is 8.34. The molecule has 138 valence electrons. The van der Waals surface area contributed by atoms with Gasteiger partial charge in [0, 0.05) is 24.6 Å². The van der Waals surface area contributed by atoms with Gasteiger partial charge in [-0.15, -0.1) is 0 Å². The molecular formula is C17H18N2O6S. The van der Waals surface area contributed by atoms with Crippen LogP contribution in [0, 0.1) is 0 Å². The van der Waals surface area contributed by atoms with Gasteiger partial charge in [-0.1, -0.05) is 0 Å². The number of rotatable bonds is 3. The molecule has 0 saturated carbocycles. The van der Waals surface area contributed by atoms with Crippen LogP contribution in [0.3, 0.4) is 0 Å².